The fraction of sp³-hybridized carbons (Fsp3) is 0.533. The number of aliphatic hydroxyl groups is 1. The highest BCUT2D eigenvalue weighted by Crippen LogP contribution is 2.17. The molecule has 1 N–H and O–H groups in total. The molecule has 19 heavy (non-hydrogen) atoms. The Labute approximate surface area is 115 Å². The Bertz CT molecular complexity index is 455. The highest BCUT2D eigenvalue weighted by molar-refractivity contribution is 5.78. The summed E-state index contributed by atoms with van der Waals surface area (Å²) < 4.78 is 5.49. The Morgan fingerprint density at radius 1 is 1.32 bits per heavy atom. The van der Waals surface area contributed by atoms with Crippen LogP contribution in [0.25, 0.3) is 0 Å². The summed E-state index contributed by atoms with van der Waals surface area (Å²) in [6, 6.07) is 5.74. The molecule has 0 atom stereocenters. The zero-order valence-electron chi connectivity index (χ0n) is 12.4. The van der Waals surface area contributed by atoms with E-state index in [2.05, 4.69) is 0 Å². The number of rotatable bonds is 5. The number of amides is 1. The van der Waals surface area contributed by atoms with Gasteiger partial charge in [-0.3, -0.25) is 4.79 Å². The molecule has 1 rings (SSSR count). The standard InChI is InChI=1S/C15H23NO3/c1-11-6-7-13(8-12(11)2)19-9-14(18)16(5)15(3,4)10-17/h6-8,17H,9-10H2,1-5H3. The maximum absolute atomic E-state index is 12.0. The van der Waals surface area contributed by atoms with E-state index in [1.165, 1.54) is 10.5 Å². The van der Waals surface area contributed by atoms with Crippen LogP contribution >= 0.6 is 0 Å². The van der Waals surface area contributed by atoms with E-state index < -0.39 is 5.54 Å². The predicted molar refractivity (Wildman–Crippen MR) is 75.3 cm³/mol. The lowest BCUT2D eigenvalue weighted by Crippen LogP contribution is -2.49. The summed E-state index contributed by atoms with van der Waals surface area (Å²) in [4.78, 5) is 13.5. The number of ether oxygens (including phenoxy) is 1. The molecule has 1 aromatic rings. The van der Waals surface area contributed by atoms with Gasteiger partial charge in [0, 0.05) is 7.05 Å². The SMILES string of the molecule is Cc1ccc(OCC(=O)N(C)C(C)(C)CO)cc1C. The van der Waals surface area contributed by atoms with E-state index >= 15 is 0 Å². The molecule has 0 aromatic heterocycles. The number of hydrogen-bond donors (Lipinski definition) is 1. The first-order valence-corrected chi connectivity index (χ1v) is 6.35. The van der Waals surface area contributed by atoms with Gasteiger partial charge in [0.1, 0.15) is 5.75 Å². The van der Waals surface area contributed by atoms with Crippen LogP contribution in [0.5, 0.6) is 5.75 Å². The third-order valence-electron chi connectivity index (χ3n) is 3.51. The summed E-state index contributed by atoms with van der Waals surface area (Å²) in [7, 11) is 1.67. The van der Waals surface area contributed by atoms with E-state index in [1.54, 1.807) is 20.9 Å². The Hall–Kier alpha value is -1.55. The quantitative estimate of drug-likeness (QED) is 0.884. The first-order chi connectivity index (χ1) is 8.77. The van der Waals surface area contributed by atoms with Gasteiger partial charge in [0.2, 0.25) is 0 Å². The number of benzene rings is 1. The van der Waals surface area contributed by atoms with Crippen molar-refractivity contribution in [2.24, 2.45) is 0 Å². The van der Waals surface area contributed by atoms with Crippen molar-refractivity contribution in [3.05, 3.63) is 29.3 Å². The minimum Gasteiger partial charge on any atom is -0.484 e. The molecule has 0 aliphatic carbocycles. The Balaban J connectivity index is 2.61. The summed E-state index contributed by atoms with van der Waals surface area (Å²) in [5.41, 5.74) is 1.75. The molecule has 0 unspecified atom stereocenters. The van der Waals surface area contributed by atoms with E-state index in [-0.39, 0.29) is 19.1 Å². The third kappa shape index (κ3) is 3.96. The van der Waals surface area contributed by atoms with Crippen LogP contribution in [0.4, 0.5) is 0 Å². The van der Waals surface area contributed by atoms with Gasteiger partial charge in [-0.2, -0.15) is 0 Å². The van der Waals surface area contributed by atoms with E-state index in [1.807, 2.05) is 32.0 Å². The van der Waals surface area contributed by atoms with Crippen molar-refractivity contribution in [1.29, 1.82) is 0 Å². The van der Waals surface area contributed by atoms with Crippen LogP contribution in [0, 0.1) is 13.8 Å². The third-order valence-corrected chi connectivity index (χ3v) is 3.51. The predicted octanol–water partition coefficient (Wildman–Crippen LogP) is 1.91. The molecule has 0 spiro atoms. The Morgan fingerprint density at radius 2 is 1.95 bits per heavy atom. The number of likely N-dealkylation sites (N-methyl/N-ethyl adjacent to an activating group) is 1. The molecule has 106 valence electrons. The van der Waals surface area contributed by atoms with Crippen LogP contribution in [0.15, 0.2) is 18.2 Å². The molecule has 4 heteroatoms. The Morgan fingerprint density at radius 3 is 2.47 bits per heavy atom. The number of aliphatic hydroxyl groups excluding tert-OH is 1. The van der Waals surface area contributed by atoms with E-state index in [0.717, 1.165) is 5.56 Å². The van der Waals surface area contributed by atoms with Crippen LogP contribution in [-0.2, 0) is 4.79 Å². The fourth-order valence-corrected chi connectivity index (χ4v) is 1.49. The van der Waals surface area contributed by atoms with Gasteiger partial charge in [-0.05, 0) is 51.0 Å². The van der Waals surface area contributed by atoms with Crippen LogP contribution in [0.1, 0.15) is 25.0 Å². The van der Waals surface area contributed by atoms with Gasteiger partial charge in [0.05, 0.1) is 12.1 Å². The minimum absolute atomic E-state index is 0.0254. The van der Waals surface area contributed by atoms with E-state index in [4.69, 9.17) is 4.74 Å². The topological polar surface area (TPSA) is 49.8 Å². The molecule has 0 bridgehead atoms. The molecule has 0 radical (unpaired) electrons. The summed E-state index contributed by atoms with van der Waals surface area (Å²) in [5, 5.41) is 9.23. The fourth-order valence-electron chi connectivity index (χ4n) is 1.49. The van der Waals surface area contributed by atoms with Crippen molar-refractivity contribution < 1.29 is 14.6 Å². The number of nitrogens with zero attached hydrogens (tertiary/aromatic N) is 1. The smallest absolute Gasteiger partial charge is 0.260 e. The van der Waals surface area contributed by atoms with Crippen LogP contribution in [0.3, 0.4) is 0 Å². The molecule has 0 fully saturated rings. The van der Waals surface area contributed by atoms with Gasteiger partial charge in [0.15, 0.2) is 6.61 Å². The number of carbonyl (C=O) groups is 1. The lowest BCUT2D eigenvalue weighted by molar-refractivity contribution is -0.138. The monoisotopic (exact) mass is 265 g/mol. The van der Waals surface area contributed by atoms with Crippen molar-refractivity contribution in [3.8, 4) is 5.75 Å². The maximum Gasteiger partial charge on any atom is 0.260 e. The van der Waals surface area contributed by atoms with Gasteiger partial charge < -0.3 is 14.7 Å². The second kappa shape index (κ2) is 6.06. The second-order valence-electron chi connectivity index (χ2n) is 5.46. The van der Waals surface area contributed by atoms with Crippen LogP contribution < -0.4 is 4.74 Å². The largest absolute Gasteiger partial charge is 0.484 e. The normalized spacial score (nSPS) is 11.3. The molecule has 1 aromatic carbocycles. The average molecular weight is 265 g/mol. The summed E-state index contributed by atoms with van der Waals surface area (Å²) in [6.45, 7) is 7.54. The van der Waals surface area contributed by atoms with Crippen molar-refractivity contribution >= 4 is 5.91 Å². The summed E-state index contributed by atoms with van der Waals surface area (Å²) in [6.07, 6.45) is 0. The molecule has 0 aliphatic heterocycles. The molecule has 1 amide bonds. The summed E-state index contributed by atoms with van der Waals surface area (Å²) in [5.74, 6) is 0.531. The second-order valence-corrected chi connectivity index (χ2v) is 5.46. The first-order valence-electron chi connectivity index (χ1n) is 6.35. The van der Waals surface area contributed by atoms with Crippen molar-refractivity contribution in [2.45, 2.75) is 33.2 Å². The molecule has 0 aliphatic rings. The molecule has 0 heterocycles. The maximum atomic E-state index is 12.0. The zero-order chi connectivity index (χ0) is 14.6. The van der Waals surface area contributed by atoms with Crippen molar-refractivity contribution in [3.63, 3.8) is 0 Å². The first kappa shape index (κ1) is 15.5. The highest BCUT2D eigenvalue weighted by Gasteiger charge is 2.26. The van der Waals surface area contributed by atoms with Gasteiger partial charge in [-0.1, -0.05) is 6.07 Å². The van der Waals surface area contributed by atoms with E-state index in [0.29, 0.717) is 5.75 Å². The zero-order valence-corrected chi connectivity index (χ0v) is 12.4. The molecular weight excluding hydrogens is 242 g/mol. The van der Waals surface area contributed by atoms with Gasteiger partial charge in [0.25, 0.3) is 5.91 Å². The Kier molecular flexibility index (Phi) is 4.95. The molecule has 0 saturated carbocycles. The average Bonchev–Trinajstić information content (AvgIpc) is 2.38. The summed E-state index contributed by atoms with van der Waals surface area (Å²) >= 11 is 0. The number of carbonyl (C=O) groups excluding carboxylic acids is 1. The van der Waals surface area contributed by atoms with Crippen molar-refractivity contribution in [2.75, 3.05) is 20.3 Å². The number of aryl methyl sites for hydroxylation is 2. The van der Waals surface area contributed by atoms with Gasteiger partial charge in [-0.15, -0.1) is 0 Å². The molecule has 0 saturated heterocycles. The number of hydrogen-bond acceptors (Lipinski definition) is 3. The highest BCUT2D eigenvalue weighted by atomic mass is 16.5. The van der Waals surface area contributed by atoms with E-state index in [9.17, 15) is 9.90 Å². The minimum atomic E-state index is -0.580. The molecular formula is C15H23NO3. The van der Waals surface area contributed by atoms with Crippen LogP contribution in [0.2, 0.25) is 0 Å². The molecule has 4 nitrogen and oxygen atoms in total. The van der Waals surface area contributed by atoms with Gasteiger partial charge >= 0.3 is 0 Å². The lowest BCUT2D eigenvalue weighted by atomic mass is 10.1. The lowest BCUT2D eigenvalue weighted by Gasteiger charge is -2.33. The van der Waals surface area contributed by atoms with Crippen molar-refractivity contribution in [1.82, 2.24) is 4.90 Å². The van der Waals surface area contributed by atoms with Gasteiger partial charge in [-0.25, -0.2) is 0 Å². The van der Waals surface area contributed by atoms with Crippen LogP contribution in [-0.4, -0.2) is 41.7 Å².